The first-order valence-corrected chi connectivity index (χ1v) is 3.52. The van der Waals surface area contributed by atoms with Gasteiger partial charge in [-0.05, 0) is 13.3 Å². The third-order valence-electron chi connectivity index (χ3n) is 1.68. The molecule has 0 aliphatic carbocycles. The van der Waals surface area contributed by atoms with Crippen molar-refractivity contribution in [2.24, 2.45) is 11.7 Å². The highest BCUT2D eigenvalue weighted by atomic mass is 16.3. The van der Waals surface area contributed by atoms with Crippen LogP contribution in [0.4, 0.5) is 0 Å². The fraction of sp³-hybridized carbons (Fsp3) is 0.857. The van der Waals surface area contributed by atoms with E-state index in [-0.39, 0.29) is 6.04 Å². The lowest BCUT2D eigenvalue weighted by atomic mass is 9.95. The summed E-state index contributed by atoms with van der Waals surface area (Å²) in [5, 5.41) is 9.00. The summed E-state index contributed by atoms with van der Waals surface area (Å²) < 4.78 is 0. The lowest BCUT2D eigenvalue weighted by molar-refractivity contribution is -0.114. The number of nitrogens with two attached hydrogens (primary N) is 1. The van der Waals surface area contributed by atoms with Gasteiger partial charge in [-0.25, -0.2) is 0 Å². The lowest BCUT2D eigenvalue weighted by Gasteiger charge is -2.19. The Morgan fingerprint density at radius 2 is 2.20 bits per heavy atom. The summed E-state index contributed by atoms with van der Waals surface area (Å²) >= 11 is 0. The van der Waals surface area contributed by atoms with E-state index >= 15 is 0 Å². The molecule has 0 spiro atoms. The van der Waals surface area contributed by atoms with Crippen molar-refractivity contribution in [1.82, 2.24) is 0 Å². The highest BCUT2D eigenvalue weighted by Crippen LogP contribution is 2.06. The van der Waals surface area contributed by atoms with Crippen LogP contribution in [0.25, 0.3) is 0 Å². The number of aliphatic hydroxyl groups excluding tert-OH is 1. The fourth-order valence-electron chi connectivity index (χ4n) is 0.845. The fourth-order valence-corrected chi connectivity index (χ4v) is 0.845. The molecule has 10 heavy (non-hydrogen) atoms. The molecule has 3 nitrogen and oxygen atoms in total. The van der Waals surface area contributed by atoms with Crippen LogP contribution in [0.15, 0.2) is 0 Å². The second-order valence-corrected chi connectivity index (χ2v) is 2.53. The van der Waals surface area contributed by atoms with Gasteiger partial charge in [0.25, 0.3) is 0 Å². The van der Waals surface area contributed by atoms with Crippen LogP contribution in [-0.4, -0.2) is 23.5 Å². The van der Waals surface area contributed by atoms with Crippen molar-refractivity contribution in [3.05, 3.63) is 0 Å². The maximum Gasteiger partial charge on any atom is 0.127 e. The minimum Gasteiger partial charge on any atom is -0.393 e. The first-order valence-electron chi connectivity index (χ1n) is 3.52. The van der Waals surface area contributed by atoms with E-state index in [0.717, 1.165) is 6.29 Å². The molecule has 0 radical (unpaired) electrons. The van der Waals surface area contributed by atoms with Crippen LogP contribution in [0.5, 0.6) is 0 Å². The zero-order valence-electron chi connectivity index (χ0n) is 6.45. The first kappa shape index (κ1) is 9.59. The van der Waals surface area contributed by atoms with Gasteiger partial charge in [0, 0.05) is 6.04 Å². The molecule has 3 atom stereocenters. The topological polar surface area (TPSA) is 63.3 Å². The molecule has 0 amide bonds. The molecular formula is C7H15NO2. The smallest absolute Gasteiger partial charge is 0.127 e. The molecule has 3 N–H and O–H groups in total. The number of carbonyl (C=O) groups is 1. The van der Waals surface area contributed by atoms with Gasteiger partial charge in [0.15, 0.2) is 0 Å². The SMILES string of the molecule is CCC(N)C(C=O)C(C)O. The monoisotopic (exact) mass is 145 g/mol. The maximum atomic E-state index is 10.3. The van der Waals surface area contributed by atoms with Crippen molar-refractivity contribution in [3.63, 3.8) is 0 Å². The Labute approximate surface area is 61.2 Å². The third kappa shape index (κ3) is 2.45. The number of rotatable bonds is 4. The first-order chi connectivity index (χ1) is 4.63. The summed E-state index contributed by atoms with van der Waals surface area (Å²) in [4.78, 5) is 10.3. The molecule has 0 aliphatic heterocycles. The van der Waals surface area contributed by atoms with Gasteiger partial charge < -0.3 is 15.6 Å². The number of carbonyl (C=O) groups excluding carboxylic acids is 1. The van der Waals surface area contributed by atoms with Gasteiger partial charge in [-0.3, -0.25) is 0 Å². The van der Waals surface area contributed by atoms with Gasteiger partial charge in [0.1, 0.15) is 6.29 Å². The van der Waals surface area contributed by atoms with Gasteiger partial charge in [-0.2, -0.15) is 0 Å². The Kier molecular flexibility index (Phi) is 4.23. The van der Waals surface area contributed by atoms with E-state index in [0.29, 0.717) is 6.42 Å². The van der Waals surface area contributed by atoms with Crippen molar-refractivity contribution in [2.45, 2.75) is 32.4 Å². The number of aldehydes is 1. The third-order valence-corrected chi connectivity index (χ3v) is 1.68. The predicted molar refractivity (Wildman–Crippen MR) is 39.5 cm³/mol. The van der Waals surface area contributed by atoms with Crippen molar-refractivity contribution >= 4 is 6.29 Å². The van der Waals surface area contributed by atoms with Gasteiger partial charge in [0.2, 0.25) is 0 Å². The molecule has 3 unspecified atom stereocenters. The maximum absolute atomic E-state index is 10.3. The van der Waals surface area contributed by atoms with Crippen LogP contribution < -0.4 is 5.73 Å². The van der Waals surface area contributed by atoms with Crippen LogP contribution >= 0.6 is 0 Å². The molecule has 0 aromatic rings. The van der Waals surface area contributed by atoms with Gasteiger partial charge >= 0.3 is 0 Å². The predicted octanol–water partition coefficient (Wildman–Crippen LogP) is -0.0804. The molecule has 0 rings (SSSR count). The van der Waals surface area contributed by atoms with Gasteiger partial charge in [0.05, 0.1) is 12.0 Å². The van der Waals surface area contributed by atoms with Crippen molar-refractivity contribution in [2.75, 3.05) is 0 Å². The van der Waals surface area contributed by atoms with E-state index in [1.54, 1.807) is 6.92 Å². The van der Waals surface area contributed by atoms with E-state index in [1.807, 2.05) is 6.92 Å². The summed E-state index contributed by atoms with van der Waals surface area (Å²) in [5.41, 5.74) is 5.54. The second-order valence-electron chi connectivity index (χ2n) is 2.53. The van der Waals surface area contributed by atoms with Crippen LogP contribution in [0.3, 0.4) is 0 Å². The standard InChI is InChI=1S/C7H15NO2/c1-3-7(8)6(4-9)5(2)10/h4-7,10H,3,8H2,1-2H3. The number of hydrogen-bond donors (Lipinski definition) is 2. The summed E-state index contributed by atoms with van der Waals surface area (Å²) in [7, 11) is 0. The molecule has 60 valence electrons. The summed E-state index contributed by atoms with van der Waals surface area (Å²) in [6.07, 6.45) is 0.806. The molecule has 0 bridgehead atoms. The van der Waals surface area contributed by atoms with Crippen LogP contribution in [-0.2, 0) is 4.79 Å². The summed E-state index contributed by atoms with van der Waals surface area (Å²) in [5.74, 6) is -0.412. The van der Waals surface area contributed by atoms with E-state index in [4.69, 9.17) is 10.8 Å². The Morgan fingerprint density at radius 3 is 2.30 bits per heavy atom. The molecule has 0 saturated carbocycles. The number of hydrogen-bond acceptors (Lipinski definition) is 3. The van der Waals surface area contributed by atoms with Crippen molar-refractivity contribution in [3.8, 4) is 0 Å². The van der Waals surface area contributed by atoms with Gasteiger partial charge in [-0.1, -0.05) is 6.92 Å². The summed E-state index contributed by atoms with van der Waals surface area (Å²) in [6.45, 7) is 3.47. The minimum absolute atomic E-state index is 0.211. The zero-order valence-corrected chi connectivity index (χ0v) is 6.45. The molecule has 0 aromatic heterocycles. The van der Waals surface area contributed by atoms with Gasteiger partial charge in [-0.15, -0.1) is 0 Å². The molecule has 0 heterocycles. The van der Waals surface area contributed by atoms with Crippen molar-refractivity contribution < 1.29 is 9.90 Å². The molecule has 3 heteroatoms. The molecule has 0 fully saturated rings. The quantitative estimate of drug-likeness (QED) is 0.544. The number of aliphatic hydroxyl groups is 1. The largest absolute Gasteiger partial charge is 0.393 e. The average molecular weight is 145 g/mol. The Morgan fingerprint density at radius 1 is 1.70 bits per heavy atom. The average Bonchev–Trinajstić information content (AvgIpc) is 1.88. The van der Waals surface area contributed by atoms with E-state index in [9.17, 15) is 4.79 Å². The second kappa shape index (κ2) is 4.41. The van der Waals surface area contributed by atoms with E-state index in [1.165, 1.54) is 0 Å². The van der Waals surface area contributed by atoms with Crippen LogP contribution in [0.2, 0.25) is 0 Å². The van der Waals surface area contributed by atoms with Crippen LogP contribution in [0.1, 0.15) is 20.3 Å². The zero-order chi connectivity index (χ0) is 8.15. The van der Waals surface area contributed by atoms with E-state index < -0.39 is 12.0 Å². The highest BCUT2D eigenvalue weighted by molar-refractivity contribution is 5.55. The Bertz CT molecular complexity index is 104. The summed E-state index contributed by atoms with van der Waals surface area (Å²) in [6, 6.07) is -0.211. The Hall–Kier alpha value is -0.410. The highest BCUT2D eigenvalue weighted by Gasteiger charge is 2.19. The van der Waals surface area contributed by atoms with Crippen molar-refractivity contribution in [1.29, 1.82) is 0 Å². The van der Waals surface area contributed by atoms with E-state index in [2.05, 4.69) is 0 Å². The Balaban J connectivity index is 3.92. The molecule has 0 aliphatic rings. The lowest BCUT2D eigenvalue weighted by Crippen LogP contribution is -2.37. The minimum atomic E-state index is -0.632. The van der Waals surface area contributed by atoms with Crippen LogP contribution in [0, 0.1) is 5.92 Å². The molecular weight excluding hydrogens is 130 g/mol. The molecule has 0 saturated heterocycles. The normalized spacial score (nSPS) is 19.6. The molecule has 0 aromatic carbocycles.